The first kappa shape index (κ1) is 12.0. The van der Waals surface area contributed by atoms with E-state index in [1.54, 1.807) is 18.3 Å². The molecule has 86 valence electrons. The Morgan fingerprint density at radius 2 is 2.00 bits per heavy atom. The van der Waals surface area contributed by atoms with Crippen molar-refractivity contribution in [3.05, 3.63) is 53.2 Å². The van der Waals surface area contributed by atoms with Crippen LogP contribution in [0.3, 0.4) is 0 Å². The molecule has 0 fully saturated rings. The summed E-state index contributed by atoms with van der Waals surface area (Å²) >= 11 is 7.48. The number of nitrogens with two attached hydrogens (primary N) is 1. The first-order valence-electron chi connectivity index (χ1n) is 4.90. The van der Waals surface area contributed by atoms with Crippen LogP contribution in [-0.2, 0) is 0 Å². The van der Waals surface area contributed by atoms with Gasteiger partial charge in [0, 0.05) is 16.7 Å². The first-order chi connectivity index (χ1) is 8.18. The summed E-state index contributed by atoms with van der Waals surface area (Å²) in [7, 11) is 0. The van der Waals surface area contributed by atoms with E-state index in [0.717, 1.165) is 4.90 Å². The minimum atomic E-state index is 0.00709. The standard InChI is InChI=1S/C12H10ClN3S/c13-9-5-1-2-6-10(9)17-12-8(11(14)15)4-3-7-16-12/h1-7H,(H3,14,15). The van der Waals surface area contributed by atoms with Crippen LogP contribution in [0.25, 0.3) is 0 Å². The number of amidine groups is 1. The third-order valence-corrected chi connectivity index (χ3v) is 3.64. The van der Waals surface area contributed by atoms with Crippen LogP contribution < -0.4 is 5.73 Å². The molecule has 1 aromatic heterocycles. The van der Waals surface area contributed by atoms with Gasteiger partial charge in [-0.1, -0.05) is 35.5 Å². The average Bonchev–Trinajstić information content (AvgIpc) is 2.32. The quantitative estimate of drug-likeness (QED) is 0.660. The highest BCUT2D eigenvalue weighted by Gasteiger charge is 2.09. The monoisotopic (exact) mass is 263 g/mol. The number of rotatable bonds is 3. The highest BCUT2D eigenvalue weighted by Crippen LogP contribution is 2.33. The van der Waals surface area contributed by atoms with Crippen molar-refractivity contribution in [3.63, 3.8) is 0 Å². The van der Waals surface area contributed by atoms with Gasteiger partial charge in [-0.25, -0.2) is 4.98 Å². The molecule has 0 unspecified atom stereocenters. The molecule has 0 atom stereocenters. The van der Waals surface area contributed by atoms with Gasteiger partial charge in [0.1, 0.15) is 10.9 Å². The fourth-order valence-corrected chi connectivity index (χ4v) is 2.48. The molecule has 17 heavy (non-hydrogen) atoms. The Morgan fingerprint density at radius 1 is 1.24 bits per heavy atom. The Bertz CT molecular complexity index is 557. The lowest BCUT2D eigenvalue weighted by atomic mass is 10.3. The van der Waals surface area contributed by atoms with E-state index in [-0.39, 0.29) is 5.84 Å². The van der Waals surface area contributed by atoms with Crippen molar-refractivity contribution in [3.8, 4) is 0 Å². The summed E-state index contributed by atoms with van der Waals surface area (Å²) in [6.07, 6.45) is 1.67. The van der Waals surface area contributed by atoms with Crippen molar-refractivity contribution in [2.75, 3.05) is 0 Å². The molecule has 0 bridgehead atoms. The second kappa shape index (κ2) is 5.21. The molecular formula is C12H10ClN3S. The van der Waals surface area contributed by atoms with E-state index in [2.05, 4.69) is 4.98 Å². The highest BCUT2D eigenvalue weighted by atomic mass is 35.5. The third-order valence-electron chi connectivity index (χ3n) is 2.10. The Kier molecular flexibility index (Phi) is 3.66. The van der Waals surface area contributed by atoms with Crippen LogP contribution in [0, 0.1) is 5.41 Å². The smallest absolute Gasteiger partial charge is 0.125 e. The van der Waals surface area contributed by atoms with Crippen LogP contribution in [-0.4, -0.2) is 10.8 Å². The summed E-state index contributed by atoms with van der Waals surface area (Å²) in [6.45, 7) is 0. The molecule has 0 amide bonds. The number of halogens is 1. The van der Waals surface area contributed by atoms with Gasteiger partial charge in [0.15, 0.2) is 0 Å². The molecule has 0 spiro atoms. The first-order valence-corrected chi connectivity index (χ1v) is 6.09. The molecule has 0 aliphatic rings. The minimum Gasteiger partial charge on any atom is -0.384 e. The van der Waals surface area contributed by atoms with E-state index in [1.165, 1.54) is 11.8 Å². The van der Waals surface area contributed by atoms with E-state index >= 15 is 0 Å². The van der Waals surface area contributed by atoms with Gasteiger partial charge >= 0.3 is 0 Å². The molecule has 1 aromatic carbocycles. The number of benzene rings is 1. The van der Waals surface area contributed by atoms with Gasteiger partial charge in [0.05, 0.1) is 5.02 Å². The van der Waals surface area contributed by atoms with Crippen LogP contribution in [0.2, 0.25) is 5.02 Å². The van der Waals surface area contributed by atoms with Crippen LogP contribution in [0.4, 0.5) is 0 Å². The maximum absolute atomic E-state index is 7.49. The van der Waals surface area contributed by atoms with E-state index in [0.29, 0.717) is 15.6 Å². The highest BCUT2D eigenvalue weighted by molar-refractivity contribution is 7.99. The van der Waals surface area contributed by atoms with Crippen LogP contribution in [0.5, 0.6) is 0 Å². The van der Waals surface area contributed by atoms with Gasteiger partial charge in [0.25, 0.3) is 0 Å². The molecule has 2 aromatic rings. The zero-order valence-corrected chi connectivity index (χ0v) is 10.4. The largest absolute Gasteiger partial charge is 0.384 e. The summed E-state index contributed by atoms with van der Waals surface area (Å²) in [5.41, 5.74) is 6.13. The molecule has 0 saturated carbocycles. The molecule has 5 heteroatoms. The maximum atomic E-state index is 7.49. The number of nitrogen functional groups attached to an aromatic ring is 1. The predicted octanol–water partition coefficient (Wildman–Crippen LogP) is 3.17. The van der Waals surface area contributed by atoms with Crippen molar-refractivity contribution >= 4 is 29.2 Å². The van der Waals surface area contributed by atoms with Crippen LogP contribution in [0.1, 0.15) is 5.56 Å². The van der Waals surface area contributed by atoms with Crippen molar-refractivity contribution < 1.29 is 0 Å². The minimum absolute atomic E-state index is 0.00709. The van der Waals surface area contributed by atoms with E-state index in [1.807, 2.05) is 24.3 Å². The van der Waals surface area contributed by atoms with Crippen molar-refractivity contribution in [1.82, 2.24) is 4.98 Å². The molecule has 0 radical (unpaired) electrons. The number of pyridine rings is 1. The number of hydrogen-bond donors (Lipinski definition) is 2. The number of aromatic nitrogens is 1. The summed E-state index contributed by atoms with van der Waals surface area (Å²) in [4.78, 5) is 5.12. The zero-order chi connectivity index (χ0) is 12.3. The van der Waals surface area contributed by atoms with Crippen molar-refractivity contribution in [2.24, 2.45) is 5.73 Å². The maximum Gasteiger partial charge on any atom is 0.125 e. The van der Waals surface area contributed by atoms with Gasteiger partial charge in [-0.05, 0) is 24.3 Å². The van der Waals surface area contributed by atoms with E-state index in [4.69, 9.17) is 22.7 Å². The molecule has 2 rings (SSSR count). The van der Waals surface area contributed by atoms with Crippen LogP contribution >= 0.6 is 23.4 Å². The Morgan fingerprint density at radius 3 is 2.71 bits per heavy atom. The molecule has 0 aliphatic carbocycles. The summed E-state index contributed by atoms with van der Waals surface area (Å²) in [5, 5.41) is 8.84. The fourth-order valence-electron chi connectivity index (χ4n) is 1.31. The van der Waals surface area contributed by atoms with Crippen LogP contribution in [0.15, 0.2) is 52.5 Å². The Labute approximate surface area is 109 Å². The molecule has 0 saturated heterocycles. The van der Waals surface area contributed by atoms with Gasteiger partial charge < -0.3 is 5.73 Å². The molecule has 1 heterocycles. The number of nitrogens with one attached hydrogen (secondary N) is 1. The second-order valence-corrected chi connectivity index (χ2v) is 4.74. The normalized spacial score (nSPS) is 10.2. The summed E-state index contributed by atoms with van der Waals surface area (Å²) in [6, 6.07) is 11.0. The molecule has 0 aliphatic heterocycles. The van der Waals surface area contributed by atoms with Crippen molar-refractivity contribution in [2.45, 2.75) is 9.92 Å². The topological polar surface area (TPSA) is 62.8 Å². The summed E-state index contributed by atoms with van der Waals surface area (Å²) in [5.74, 6) is 0.00709. The number of hydrogen-bond acceptors (Lipinski definition) is 3. The van der Waals surface area contributed by atoms with E-state index < -0.39 is 0 Å². The molecule has 3 nitrogen and oxygen atoms in total. The van der Waals surface area contributed by atoms with Gasteiger partial charge in [-0.3, -0.25) is 5.41 Å². The summed E-state index contributed by atoms with van der Waals surface area (Å²) < 4.78 is 0. The second-order valence-electron chi connectivity index (χ2n) is 3.30. The lowest BCUT2D eigenvalue weighted by molar-refractivity contribution is 1.11. The SMILES string of the molecule is N=C(N)c1cccnc1Sc1ccccc1Cl. The van der Waals surface area contributed by atoms with Crippen molar-refractivity contribution in [1.29, 1.82) is 5.41 Å². The molecule has 3 N–H and O–H groups in total. The number of nitrogens with zero attached hydrogens (tertiary/aromatic N) is 1. The zero-order valence-electron chi connectivity index (χ0n) is 8.85. The lowest BCUT2D eigenvalue weighted by Gasteiger charge is -2.07. The third kappa shape index (κ3) is 2.78. The lowest BCUT2D eigenvalue weighted by Crippen LogP contribution is -2.12. The van der Waals surface area contributed by atoms with Gasteiger partial charge in [-0.15, -0.1) is 0 Å². The Balaban J connectivity index is 2.37. The van der Waals surface area contributed by atoms with Gasteiger partial charge in [-0.2, -0.15) is 0 Å². The molecular weight excluding hydrogens is 254 g/mol. The average molecular weight is 264 g/mol. The predicted molar refractivity (Wildman–Crippen MR) is 70.8 cm³/mol. The Hall–Kier alpha value is -1.52. The fraction of sp³-hybridized carbons (Fsp3) is 0. The van der Waals surface area contributed by atoms with E-state index in [9.17, 15) is 0 Å². The van der Waals surface area contributed by atoms with Gasteiger partial charge in [0.2, 0.25) is 0 Å².